The maximum absolute atomic E-state index is 13.5. The van der Waals surface area contributed by atoms with Gasteiger partial charge in [-0.1, -0.05) is 30.0 Å². The minimum absolute atomic E-state index is 0.00318. The molecule has 0 aliphatic carbocycles. The number of halogens is 1. The Kier molecular flexibility index (Phi) is 4.93. The molecule has 4 heteroatoms. The van der Waals surface area contributed by atoms with Crippen LogP contribution in [-0.2, 0) is 6.61 Å². The first-order valence-corrected chi connectivity index (χ1v) is 6.34. The molecule has 2 N–H and O–H groups in total. The molecule has 21 heavy (non-hydrogen) atoms. The van der Waals surface area contributed by atoms with Crippen LogP contribution in [0.4, 0.5) is 4.39 Å². The Balaban J connectivity index is 2.13. The van der Waals surface area contributed by atoms with Crippen molar-refractivity contribution in [1.29, 1.82) is 5.26 Å². The molecule has 2 aromatic rings. The minimum Gasteiger partial charge on any atom is -0.489 e. The summed E-state index contributed by atoms with van der Waals surface area (Å²) in [7, 11) is 0. The smallest absolute Gasteiger partial charge is 0.144 e. The van der Waals surface area contributed by atoms with Crippen molar-refractivity contribution < 1.29 is 9.13 Å². The van der Waals surface area contributed by atoms with Gasteiger partial charge in [-0.3, -0.25) is 0 Å². The van der Waals surface area contributed by atoms with Crippen LogP contribution >= 0.6 is 0 Å². The van der Waals surface area contributed by atoms with E-state index < -0.39 is 5.82 Å². The number of ether oxygens (including phenoxy) is 1. The molecule has 0 saturated carbocycles. The van der Waals surface area contributed by atoms with Gasteiger partial charge in [0.15, 0.2) is 0 Å². The first-order valence-electron chi connectivity index (χ1n) is 6.34. The molecule has 0 amide bonds. The normalized spacial score (nSPS) is 9.38. The fourth-order valence-electron chi connectivity index (χ4n) is 1.75. The molecule has 0 aliphatic rings. The molecule has 0 spiro atoms. The van der Waals surface area contributed by atoms with E-state index in [0.29, 0.717) is 5.75 Å². The first kappa shape index (κ1) is 14.6. The minimum atomic E-state index is -0.591. The van der Waals surface area contributed by atoms with Gasteiger partial charge in [0.2, 0.25) is 0 Å². The Morgan fingerprint density at radius 1 is 1.14 bits per heavy atom. The molecule has 0 atom stereocenters. The summed E-state index contributed by atoms with van der Waals surface area (Å²) in [6.45, 7) is 0.552. The number of benzene rings is 2. The predicted octanol–water partition coefficient (Wildman–Crippen LogP) is 2.59. The van der Waals surface area contributed by atoms with Gasteiger partial charge in [-0.25, -0.2) is 4.39 Å². The number of nitriles is 1. The van der Waals surface area contributed by atoms with E-state index in [4.69, 9.17) is 15.7 Å². The molecule has 0 radical (unpaired) electrons. The lowest BCUT2D eigenvalue weighted by Gasteiger charge is -2.08. The highest BCUT2D eigenvalue weighted by Gasteiger charge is 2.05. The summed E-state index contributed by atoms with van der Waals surface area (Å²) in [4.78, 5) is 0. The Morgan fingerprint density at radius 3 is 2.67 bits per heavy atom. The Hall–Kier alpha value is -2.82. The highest BCUT2D eigenvalue weighted by atomic mass is 19.1. The summed E-state index contributed by atoms with van der Waals surface area (Å²) in [6, 6.07) is 13.5. The molecular formula is C17H13FN2O. The van der Waals surface area contributed by atoms with Crippen LogP contribution in [0.15, 0.2) is 42.5 Å². The van der Waals surface area contributed by atoms with Crippen LogP contribution in [-0.4, -0.2) is 6.54 Å². The fraction of sp³-hybridized carbons (Fsp3) is 0.118. The van der Waals surface area contributed by atoms with Crippen molar-refractivity contribution in [1.82, 2.24) is 0 Å². The summed E-state index contributed by atoms with van der Waals surface area (Å²) in [6.07, 6.45) is 0. The lowest BCUT2D eigenvalue weighted by Crippen LogP contribution is -1.99. The maximum Gasteiger partial charge on any atom is 0.144 e. The van der Waals surface area contributed by atoms with Crippen molar-refractivity contribution in [3.8, 4) is 23.7 Å². The van der Waals surface area contributed by atoms with Crippen molar-refractivity contribution >= 4 is 0 Å². The lowest BCUT2D eigenvalue weighted by molar-refractivity contribution is 0.304. The summed E-state index contributed by atoms with van der Waals surface area (Å²) >= 11 is 0. The second kappa shape index (κ2) is 7.09. The van der Waals surface area contributed by atoms with Crippen LogP contribution in [0.3, 0.4) is 0 Å². The fourth-order valence-corrected chi connectivity index (χ4v) is 1.75. The van der Waals surface area contributed by atoms with Crippen molar-refractivity contribution in [2.75, 3.05) is 6.54 Å². The van der Waals surface area contributed by atoms with Gasteiger partial charge in [0.05, 0.1) is 12.1 Å². The third-order valence-corrected chi connectivity index (χ3v) is 2.80. The molecular weight excluding hydrogens is 267 g/mol. The SMILES string of the molecule is N#Cc1ccc(OCc2ccccc2C#CCN)cc1F. The third-order valence-electron chi connectivity index (χ3n) is 2.80. The van der Waals surface area contributed by atoms with E-state index in [1.54, 1.807) is 12.1 Å². The predicted molar refractivity (Wildman–Crippen MR) is 77.8 cm³/mol. The highest BCUT2D eigenvalue weighted by molar-refractivity contribution is 5.42. The van der Waals surface area contributed by atoms with E-state index in [9.17, 15) is 4.39 Å². The molecule has 2 rings (SSSR count). The maximum atomic E-state index is 13.5. The molecule has 104 valence electrons. The highest BCUT2D eigenvalue weighted by Crippen LogP contribution is 2.18. The zero-order valence-corrected chi connectivity index (χ0v) is 11.3. The van der Waals surface area contributed by atoms with E-state index in [1.807, 2.05) is 24.3 Å². The molecule has 0 aromatic heterocycles. The topological polar surface area (TPSA) is 59.0 Å². The number of hydrogen-bond acceptors (Lipinski definition) is 3. The second-order valence-electron chi connectivity index (χ2n) is 4.21. The average molecular weight is 280 g/mol. The number of nitrogens with zero attached hydrogens (tertiary/aromatic N) is 1. The van der Waals surface area contributed by atoms with Crippen LogP contribution in [0, 0.1) is 29.0 Å². The van der Waals surface area contributed by atoms with Crippen molar-refractivity contribution in [2.24, 2.45) is 5.73 Å². The second-order valence-corrected chi connectivity index (χ2v) is 4.21. The third kappa shape index (κ3) is 3.82. The van der Waals surface area contributed by atoms with Crippen molar-refractivity contribution in [3.63, 3.8) is 0 Å². The van der Waals surface area contributed by atoms with Crippen molar-refractivity contribution in [3.05, 3.63) is 65.0 Å². The molecule has 0 fully saturated rings. The van der Waals surface area contributed by atoms with E-state index in [1.165, 1.54) is 12.1 Å². The molecule has 0 aliphatic heterocycles. The van der Waals surface area contributed by atoms with Crippen LogP contribution in [0.2, 0.25) is 0 Å². The van der Waals surface area contributed by atoms with Gasteiger partial charge in [0.25, 0.3) is 0 Å². The van der Waals surface area contributed by atoms with Crippen LogP contribution in [0.25, 0.3) is 0 Å². The monoisotopic (exact) mass is 280 g/mol. The first-order chi connectivity index (χ1) is 10.2. The standard InChI is InChI=1S/C17H13FN2O/c18-17-10-16(8-7-14(17)11-20)21-12-15-5-2-1-4-13(15)6-3-9-19/h1-2,4-5,7-8,10H,9,12,19H2. The summed E-state index contributed by atoms with van der Waals surface area (Å²) < 4.78 is 19.0. The molecule has 3 nitrogen and oxygen atoms in total. The van der Waals surface area contributed by atoms with Gasteiger partial charge in [-0.15, -0.1) is 0 Å². The Morgan fingerprint density at radius 2 is 1.95 bits per heavy atom. The molecule has 2 aromatic carbocycles. The van der Waals surface area contributed by atoms with Gasteiger partial charge in [0.1, 0.15) is 24.2 Å². The van der Waals surface area contributed by atoms with E-state index in [0.717, 1.165) is 11.1 Å². The van der Waals surface area contributed by atoms with Gasteiger partial charge < -0.3 is 10.5 Å². The van der Waals surface area contributed by atoms with Gasteiger partial charge in [-0.05, 0) is 18.2 Å². The van der Waals surface area contributed by atoms with E-state index in [-0.39, 0.29) is 18.7 Å². The van der Waals surface area contributed by atoms with E-state index in [2.05, 4.69) is 11.8 Å². The average Bonchev–Trinajstić information content (AvgIpc) is 2.52. The van der Waals surface area contributed by atoms with E-state index >= 15 is 0 Å². The zero-order valence-electron chi connectivity index (χ0n) is 11.3. The molecule has 0 unspecified atom stereocenters. The van der Waals surface area contributed by atoms with Gasteiger partial charge in [0, 0.05) is 17.2 Å². The summed E-state index contributed by atoms with van der Waals surface area (Å²) in [5.74, 6) is 5.54. The zero-order chi connectivity index (χ0) is 15.1. The molecule has 0 saturated heterocycles. The van der Waals surface area contributed by atoms with Gasteiger partial charge >= 0.3 is 0 Å². The number of rotatable bonds is 3. The molecule has 0 bridgehead atoms. The van der Waals surface area contributed by atoms with Crippen LogP contribution in [0.5, 0.6) is 5.75 Å². The van der Waals surface area contributed by atoms with Crippen LogP contribution in [0.1, 0.15) is 16.7 Å². The number of hydrogen-bond donors (Lipinski definition) is 1. The molecule has 0 heterocycles. The van der Waals surface area contributed by atoms with Gasteiger partial charge in [-0.2, -0.15) is 5.26 Å². The summed E-state index contributed by atoms with van der Waals surface area (Å²) in [5, 5.41) is 8.68. The lowest BCUT2D eigenvalue weighted by atomic mass is 10.1. The summed E-state index contributed by atoms with van der Waals surface area (Å²) in [5.41, 5.74) is 7.08. The number of nitrogens with two attached hydrogens (primary N) is 1. The largest absolute Gasteiger partial charge is 0.489 e. The Bertz CT molecular complexity index is 738. The van der Waals surface area contributed by atoms with Crippen LogP contribution < -0.4 is 10.5 Å². The van der Waals surface area contributed by atoms with Crippen molar-refractivity contribution in [2.45, 2.75) is 6.61 Å². The quantitative estimate of drug-likeness (QED) is 0.879. The Labute approximate surface area is 122 Å².